The SMILES string of the molecule is CNC(C)Cc1noc(CSc2nc3ccccc3s2)n1.Cl. The zero-order chi connectivity index (χ0) is 14.7. The summed E-state index contributed by atoms with van der Waals surface area (Å²) in [4.78, 5) is 8.98. The zero-order valence-corrected chi connectivity index (χ0v) is 14.7. The molecule has 0 amide bonds. The van der Waals surface area contributed by atoms with Crippen molar-refractivity contribution >= 4 is 45.7 Å². The Labute approximate surface area is 143 Å². The van der Waals surface area contributed by atoms with Crippen molar-refractivity contribution in [2.45, 2.75) is 29.5 Å². The molecule has 0 saturated heterocycles. The fourth-order valence-electron chi connectivity index (χ4n) is 1.84. The van der Waals surface area contributed by atoms with Gasteiger partial charge in [-0.15, -0.1) is 23.7 Å². The standard InChI is InChI=1S/C14H16N4OS2.ClH/c1-9(15-2)7-12-17-13(19-18-12)8-20-14-16-10-5-3-4-6-11(10)21-14;/h3-6,9,15H,7-8H2,1-2H3;1H. The molecule has 3 rings (SSSR count). The molecular weight excluding hydrogens is 340 g/mol. The average Bonchev–Trinajstić information content (AvgIpc) is 3.10. The van der Waals surface area contributed by atoms with Crippen LogP contribution in [0.15, 0.2) is 33.1 Å². The van der Waals surface area contributed by atoms with Crippen LogP contribution in [0.1, 0.15) is 18.6 Å². The van der Waals surface area contributed by atoms with Gasteiger partial charge in [-0.3, -0.25) is 0 Å². The minimum absolute atomic E-state index is 0. The van der Waals surface area contributed by atoms with Crippen LogP contribution in [0.4, 0.5) is 0 Å². The molecule has 1 aromatic carbocycles. The van der Waals surface area contributed by atoms with Crippen LogP contribution < -0.4 is 5.32 Å². The number of para-hydroxylation sites is 1. The number of halogens is 1. The van der Waals surface area contributed by atoms with Gasteiger partial charge in [-0.05, 0) is 26.1 Å². The quantitative estimate of drug-likeness (QED) is 0.681. The molecule has 0 aliphatic heterocycles. The Morgan fingerprint density at radius 3 is 2.91 bits per heavy atom. The smallest absolute Gasteiger partial charge is 0.237 e. The number of hydrogen-bond acceptors (Lipinski definition) is 7. The van der Waals surface area contributed by atoms with Crippen molar-refractivity contribution in [2.75, 3.05) is 7.05 Å². The van der Waals surface area contributed by atoms with Crippen LogP contribution in [0.25, 0.3) is 10.2 Å². The Morgan fingerprint density at radius 1 is 1.32 bits per heavy atom. The van der Waals surface area contributed by atoms with E-state index in [0.717, 1.165) is 22.1 Å². The van der Waals surface area contributed by atoms with E-state index < -0.39 is 0 Å². The first-order valence-corrected chi connectivity index (χ1v) is 8.52. The molecule has 2 aromatic heterocycles. The molecule has 0 aliphatic carbocycles. The lowest BCUT2D eigenvalue weighted by molar-refractivity contribution is 0.382. The van der Waals surface area contributed by atoms with E-state index in [2.05, 4.69) is 33.4 Å². The molecule has 3 aromatic rings. The first-order valence-electron chi connectivity index (χ1n) is 6.71. The Bertz CT molecular complexity index is 697. The first kappa shape index (κ1) is 17.2. The summed E-state index contributed by atoms with van der Waals surface area (Å²) in [6, 6.07) is 8.49. The molecule has 0 bridgehead atoms. The van der Waals surface area contributed by atoms with Crippen LogP contribution in [0.5, 0.6) is 0 Å². The highest BCUT2D eigenvalue weighted by molar-refractivity contribution is 8.00. The predicted octanol–water partition coefficient (Wildman–Crippen LogP) is 3.54. The maximum Gasteiger partial charge on any atom is 0.237 e. The van der Waals surface area contributed by atoms with Crippen LogP contribution >= 0.6 is 35.5 Å². The fourth-order valence-corrected chi connectivity index (χ4v) is 3.75. The van der Waals surface area contributed by atoms with Crippen molar-refractivity contribution in [3.63, 3.8) is 0 Å². The van der Waals surface area contributed by atoms with Crippen LogP contribution in [0.2, 0.25) is 0 Å². The molecule has 1 N–H and O–H groups in total. The number of thioether (sulfide) groups is 1. The van der Waals surface area contributed by atoms with Crippen LogP contribution in [0.3, 0.4) is 0 Å². The van der Waals surface area contributed by atoms with Crippen LogP contribution in [-0.4, -0.2) is 28.2 Å². The monoisotopic (exact) mass is 356 g/mol. The molecule has 0 aliphatic rings. The van der Waals surface area contributed by atoms with Gasteiger partial charge in [0.1, 0.15) is 0 Å². The van der Waals surface area contributed by atoms with Crippen LogP contribution in [0, 0.1) is 0 Å². The first-order chi connectivity index (χ1) is 10.2. The van der Waals surface area contributed by atoms with Crippen LogP contribution in [-0.2, 0) is 12.2 Å². The second kappa shape index (κ2) is 7.92. The highest BCUT2D eigenvalue weighted by Gasteiger charge is 2.11. The van der Waals surface area contributed by atoms with Crippen molar-refractivity contribution in [3.05, 3.63) is 36.0 Å². The summed E-state index contributed by atoms with van der Waals surface area (Å²) < 4.78 is 7.50. The third-order valence-corrected chi connectivity index (χ3v) is 5.25. The van der Waals surface area contributed by atoms with E-state index in [9.17, 15) is 0 Å². The highest BCUT2D eigenvalue weighted by atomic mass is 35.5. The molecule has 5 nitrogen and oxygen atoms in total. The van der Waals surface area contributed by atoms with E-state index in [1.807, 2.05) is 25.2 Å². The summed E-state index contributed by atoms with van der Waals surface area (Å²) in [6.07, 6.45) is 0.770. The molecule has 0 radical (unpaired) electrons. The maximum absolute atomic E-state index is 5.27. The zero-order valence-electron chi connectivity index (χ0n) is 12.3. The number of aromatic nitrogens is 3. The largest absolute Gasteiger partial charge is 0.338 e. The van der Waals surface area contributed by atoms with Gasteiger partial charge in [0.25, 0.3) is 0 Å². The number of nitrogens with zero attached hydrogens (tertiary/aromatic N) is 3. The minimum atomic E-state index is 0. The van der Waals surface area contributed by atoms with Crippen molar-refractivity contribution < 1.29 is 4.52 Å². The molecular formula is C14H17ClN4OS2. The van der Waals surface area contributed by atoms with Crippen molar-refractivity contribution in [1.82, 2.24) is 20.4 Å². The van der Waals surface area contributed by atoms with Gasteiger partial charge >= 0.3 is 0 Å². The van der Waals surface area contributed by atoms with Gasteiger partial charge in [0.05, 0.1) is 16.0 Å². The van der Waals surface area contributed by atoms with Gasteiger partial charge in [0.2, 0.25) is 5.89 Å². The molecule has 1 atom stereocenters. The van der Waals surface area contributed by atoms with Crippen molar-refractivity contribution in [3.8, 4) is 0 Å². The normalized spacial score (nSPS) is 12.3. The summed E-state index contributed by atoms with van der Waals surface area (Å²) in [5.41, 5.74) is 1.04. The molecule has 22 heavy (non-hydrogen) atoms. The van der Waals surface area contributed by atoms with E-state index >= 15 is 0 Å². The number of fused-ring (bicyclic) bond motifs is 1. The number of thiazole rings is 1. The second-order valence-electron chi connectivity index (χ2n) is 4.73. The maximum atomic E-state index is 5.27. The van der Waals surface area contributed by atoms with Gasteiger partial charge in [-0.1, -0.05) is 29.1 Å². The summed E-state index contributed by atoms with van der Waals surface area (Å²) >= 11 is 3.32. The van der Waals surface area contributed by atoms with Crippen molar-refractivity contribution in [2.24, 2.45) is 0 Å². The number of rotatable bonds is 6. The molecule has 8 heteroatoms. The molecule has 0 fully saturated rings. The number of nitrogens with one attached hydrogen (secondary N) is 1. The van der Waals surface area contributed by atoms with E-state index in [4.69, 9.17) is 4.52 Å². The Morgan fingerprint density at radius 2 is 2.14 bits per heavy atom. The van der Waals surface area contributed by atoms with E-state index in [0.29, 0.717) is 17.7 Å². The van der Waals surface area contributed by atoms with Crippen molar-refractivity contribution in [1.29, 1.82) is 0 Å². The Kier molecular flexibility index (Phi) is 6.19. The van der Waals surface area contributed by atoms with Gasteiger partial charge < -0.3 is 9.84 Å². The van der Waals surface area contributed by atoms with E-state index in [1.165, 1.54) is 4.70 Å². The lowest BCUT2D eigenvalue weighted by atomic mass is 10.2. The average molecular weight is 357 g/mol. The molecule has 2 heterocycles. The summed E-state index contributed by atoms with van der Waals surface area (Å²) in [5.74, 6) is 2.05. The lowest BCUT2D eigenvalue weighted by Gasteiger charge is -2.04. The number of benzene rings is 1. The number of likely N-dealkylation sites (N-methyl/N-ethyl adjacent to an activating group) is 1. The third-order valence-electron chi connectivity index (χ3n) is 3.09. The van der Waals surface area contributed by atoms with Gasteiger partial charge in [0.15, 0.2) is 10.2 Å². The van der Waals surface area contributed by atoms with E-state index in [-0.39, 0.29) is 12.4 Å². The minimum Gasteiger partial charge on any atom is -0.338 e. The molecule has 0 spiro atoms. The van der Waals surface area contributed by atoms with E-state index in [1.54, 1.807) is 23.1 Å². The molecule has 118 valence electrons. The number of hydrogen-bond donors (Lipinski definition) is 1. The summed E-state index contributed by atoms with van der Waals surface area (Å²) in [6.45, 7) is 2.09. The molecule has 0 saturated carbocycles. The van der Waals surface area contributed by atoms with Gasteiger partial charge in [0, 0.05) is 12.5 Å². The second-order valence-corrected chi connectivity index (χ2v) is 6.99. The molecule has 1 unspecified atom stereocenters. The third kappa shape index (κ3) is 4.19. The van der Waals surface area contributed by atoms with Gasteiger partial charge in [-0.25, -0.2) is 4.98 Å². The summed E-state index contributed by atoms with van der Waals surface area (Å²) in [5, 5.41) is 7.16. The lowest BCUT2D eigenvalue weighted by Crippen LogP contribution is -2.24. The predicted molar refractivity (Wildman–Crippen MR) is 93.0 cm³/mol. The topological polar surface area (TPSA) is 63.8 Å². The van der Waals surface area contributed by atoms with Gasteiger partial charge in [-0.2, -0.15) is 4.98 Å². The fraction of sp³-hybridized carbons (Fsp3) is 0.357. The Hall–Kier alpha value is -1.15. The highest BCUT2D eigenvalue weighted by Crippen LogP contribution is 2.30. The summed E-state index contributed by atoms with van der Waals surface area (Å²) in [7, 11) is 1.93. The Balaban J connectivity index is 0.00000176.